The van der Waals surface area contributed by atoms with Crippen LogP contribution in [0, 0.1) is 11.6 Å². The molecule has 0 aliphatic heterocycles. The number of aromatic nitrogens is 4. The Hall–Kier alpha value is -3.55. The van der Waals surface area contributed by atoms with Crippen LogP contribution in [0.2, 0.25) is 0 Å². The molecule has 2 heterocycles. The first-order chi connectivity index (χ1) is 13.0. The Morgan fingerprint density at radius 2 is 1.93 bits per heavy atom. The molecule has 8 heteroatoms. The van der Waals surface area contributed by atoms with Crippen LogP contribution in [0.5, 0.6) is 0 Å². The normalized spacial score (nSPS) is 11.1. The van der Waals surface area contributed by atoms with Crippen molar-refractivity contribution in [3.8, 4) is 11.4 Å². The number of hydrogen-bond donors (Lipinski definition) is 2. The lowest BCUT2D eigenvalue weighted by atomic mass is 10.1. The van der Waals surface area contributed by atoms with Crippen molar-refractivity contribution in [2.24, 2.45) is 7.05 Å². The number of nitrogens with two attached hydrogens (primary N) is 1. The largest absolute Gasteiger partial charge is 0.368 e. The highest BCUT2D eigenvalue weighted by Crippen LogP contribution is 2.23. The molecule has 2 aromatic carbocycles. The number of fused-ring (bicyclic) bond motifs is 1. The number of halogens is 2. The Balaban J connectivity index is 1.63. The van der Waals surface area contributed by atoms with Gasteiger partial charge in [-0.2, -0.15) is 15.0 Å². The number of nitrogens with zero attached hydrogens (tertiary/aromatic N) is 4. The Bertz CT molecular complexity index is 1140. The van der Waals surface area contributed by atoms with Gasteiger partial charge >= 0.3 is 0 Å². The van der Waals surface area contributed by atoms with E-state index in [1.807, 2.05) is 42.1 Å². The summed E-state index contributed by atoms with van der Waals surface area (Å²) >= 11 is 0. The fourth-order valence-corrected chi connectivity index (χ4v) is 2.88. The van der Waals surface area contributed by atoms with Crippen molar-refractivity contribution in [3.63, 3.8) is 0 Å². The number of aryl methyl sites for hydroxylation is 1. The van der Waals surface area contributed by atoms with E-state index in [1.165, 1.54) is 12.1 Å². The third-order valence-corrected chi connectivity index (χ3v) is 4.26. The van der Waals surface area contributed by atoms with E-state index >= 15 is 0 Å². The van der Waals surface area contributed by atoms with Gasteiger partial charge in [0.1, 0.15) is 0 Å². The van der Waals surface area contributed by atoms with Gasteiger partial charge in [0.25, 0.3) is 0 Å². The molecule has 0 spiro atoms. The summed E-state index contributed by atoms with van der Waals surface area (Å²) in [7, 11) is 1.97. The number of nitrogens with one attached hydrogen (secondary N) is 1. The first-order valence-electron chi connectivity index (χ1n) is 8.25. The topological polar surface area (TPSA) is 81.7 Å². The molecule has 0 bridgehead atoms. The quantitative estimate of drug-likeness (QED) is 0.578. The number of hydrogen-bond acceptors (Lipinski definition) is 5. The summed E-state index contributed by atoms with van der Waals surface area (Å²) in [6, 6.07) is 11.8. The summed E-state index contributed by atoms with van der Waals surface area (Å²) in [6.45, 7) is 0.0181. The monoisotopic (exact) mass is 366 g/mol. The smallest absolute Gasteiger partial charge is 0.228 e. The molecule has 0 radical (unpaired) electrons. The molecular weight excluding hydrogens is 350 g/mol. The van der Waals surface area contributed by atoms with Crippen LogP contribution in [0.3, 0.4) is 0 Å². The fourth-order valence-electron chi connectivity index (χ4n) is 2.88. The maximum atomic E-state index is 13.8. The standard InChI is InChI=1S/C19H16F2N6/c1-27-8-7-11-9-12(5-6-15(11)27)17-24-18(22)26-19(25-17)23-10-13-3-2-4-14(20)16(13)21/h2-9H,10H2,1H3,(H3,22,23,24,25,26). The minimum absolute atomic E-state index is 0.0181. The van der Waals surface area contributed by atoms with Gasteiger partial charge in [0.15, 0.2) is 17.5 Å². The summed E-state index contributed by atoms with van der Waals surface area (Å²) in [4.78, 5) is 12.5. The Morgan fingerprint density at radius 1 is 1.07 bits per heavy atom. The molecular formula is C19H16F2N6. The van der Waals surface area contributed by atoms with Gasteiger partial charge in [-0.3, -0.25) is 0 Å². The molecule has 0 saturated heterocycles. The van der Waals surface area contributed by atoms with Crippen molar-refractivity contribution < 1.29 is 8.78 Å². The molecule has 0 fully saturated rings. The van der Waals surface area contributed by atoms with Crippen LogP contribution >= 0.6 is 0 Å². The predicted molar refractivity (Wildman–Crippen MR) is 99.8 cm³/mol. The second kappa shape index (κ2) is 6.64. The Kier molecular flexibility index (Phi) is 4.15. The van der Waals surface area contributed by atoms with Crippen LogP contribution in [0.1, 0.15) is 5.56 Å². The van der Waals surface area contributed by atoms with E-state index < -0.39 is 11.6 Å². The van der Waals surface area contributed by atoms with Crippen molar-refractivity contribution in [2.75, 3.05) is 11.1 Å². The van der Waals surface area contributed by atoms with E-state index in [9.17, 15) is 8.78 Å². The minimum Gasteiger partial charge on any atom is -0.368 e. The van der Waals surface area contributed by atoms with Crippen molar-refractivity contribution in [1.29, 1.82) is 0 Å². The van der Waals surface area contributed by atoms with Crippen LogP contribution in [-0.4, -0.2) is 19.5 Å². The molecule has 2 aromatic heterocycles. The zero-order chi connectivity index (χ0) is 19.0. The van der Waals surface area contributed by atoms with Crippen molar-refractivity contribution in [3.05, 3.63) is 65.9 Å². The third-order valence-electron chi connectivity index (χ3n) is 4.26. The van der Waals surface area contributed by atoms with E-state index in [0.717, 1.165) is 22.5 Å². The molecule has 136 valence electrons. The number of benzene rings is 2. The average molecular weight is 366 g/mol. The lowest BCUT2D eigenvalue weighted by Gasteiger charge is -2.09. The maximum absolute atomic E-state index is 13.8. The zero-order valence-corrected chi connectivity index (χ0v) is 14.4. The summed E-state index contributed by atoms with van der Waals surface area (Å²) in [5.74, 6) is -1.18. The van der Waals surface area contributed by atoms with Gasteiger partial charge in [-0.25, -0.2) is 8.78 Å². The fraction of sp³-hybridized carbons (Fsp3) is 0.105. The van der Waals surface area contributed by atoms with Crippen molar-refractivity contribution in [2.45, 2.75) is 6.54 Å². The summed E-state index contributed by atoms with van der Waals surface area (Å²) in [6.07, 6.45) is 1.97. The molecule has 0 aliphatic carbocycles. The zero-order valence-electron chi connectivity index (χ0n) is 14.4. The molecule has 0 atom stereocenters. The molecule has 4 aromatic rings. The molecule has 3 N–H and O–H groups in total. The van der Waals surface area contributed by atoms with Gasteiger partial charge in [0, 0.05) is 41.8 Å². The summed E-state index contributed by atoms with van der Waals surface area (Å²) in [5, 5.41) is 3.91. The summed E-state index contributed by atoms with van der Waals surface area (Å²) in [5.41, 5.74) is 7.83. The molecule has 27 heavy (non-hydrogen) atoms. The van der Waals surface area contributed by atoms with Crippen LogP contribution < -0.4 is 11.1 Å². The number of nitrogen functional groups attached to an aromatic ring is 1. The lowest BCUT2D eigenvalue weighted by Crippen LogP contribution is -2.09. The molecule has 0 aliphatic rings. The van der Waals surface area contributed by atoms with Gasteiger partial charge in [0.2, 0.25) is 11.9 Å². The molecule has 0 amide bonds. The molecule has 0 saturated carbocycles. The second-order valence-electron chi connectivity index (χ2n) is 6.11. The first-order valence-corrected chi connectivity index (χ1v) is 8.25. The summed E-state index contributed by atoms with van der Waals surface area (Å²) < 4.78 is 29.1. The van der Waals surface area contributed by atoms with E-state index in [1.54, 1.807) is 0 Å². The van der Waals surface area contributed by atoms with Gasteiger partial charge in [0.05, 0.1) is 0 Å². The SMILES string of the molecule is Cn1ccc2cc(-c3nc(N)nc(NCc4cccc(F)c4F)n3)ccc21. The minimum atomic E-state index is -0.902. The average Bonchev–Trinajstić information content (AvgIpc) is 3.03. The van der Waals surface area contributed by atoms with Crippen molar-refractivity contribution >= 4 is 22.8 Å². The van der Waals surface area contributed by atoms with E-state index in [4.69, 9.17) is 5.73 Å². The highest BCUT2D eigenvalue weighted by atomic mass is 19.2. The van der Waals surface area contributed by atoms with Gasteiger partial charge < -0.3 is 15.6 Å². The second-order valence-corrected chi connectivity index (χ2v) is 6.11. The number of anilines is 2. The lowest BCUT2D eigenvalue weighted by molar-refractivity contribution is 0.500. The Labute approximate surface area is 153 Å². The molecule has 6 nitrogen and oxygen atoms in total. The van der Waals surface area contributed by atoms with Gasteiger partial charge in [-0.05, 0) is 30.3 Å². The highest BCUT2D eigenvalue weighted by Gasteiger charge is 2.11. The first kappa shape index (κ1) is 16.9. The predicted octanol–water partition coefficient (Wildman–Crippen LogP) is 3.50. The van der Waals surface area contributed by atoms with Gasteiger partial charge in [-0.15, -0.1) is 0 Å². The van der Waals surface area contributed by atoms with Crippen LogP contribution in [-0.2, 0) is 13.6 Å². The molecule has 0 unspecified atom stereocenters. The third kappa shape index (κ3) is 3.29. The number of rotatable bonds is 4. The Morgan fingerprint density at radius 3 is 2.78 bits per heavy atom. The highest BCUT2D eigenvalue weighted by molar-refractivity contribution is 5.84. The molecule has 4 rings (SSSR count). The van der Waals surface area contributed by atoms with Crippen molar-refractivity contribution in [1.82, 2.24) is 19.5 Å². The van der Waals surface area contributed by atoms with Crippen LogP contribution in [0.4, 0.5) is 20.7 Å². The maximum Gasteiger partial charge on any atom is 0.228 e. The van der Waals surface area contributed by atoms with Crippen LogP contribution in [0.15, 0.2) is 48.7 Å². The van der Waals surface area contributed by atoms with E-state index in [-0.39, 0.29) is 24.0 Å². The van der Waals surface area contributed by atoms with Crippen LogP contribution in [0.25, 0.3) is 22.3 Å². The van der Waals surface area contributed by atoms with E-state index in [0.29, 0.717) is 5.82 Å². The van der Waals surface area contributed by atoms with Gasteiger partial charge in [-0.1, -0.05) is 12.1 Å². The van der Waals surface area contributed by atoms with E-state index in [2.05, 4.69) is 20.3 Å².